The van der Waals surface area contributed by atoms with Crippen molar-refractivity contribution in [2.24, 2.45) is 4.99 Å². The maximum absolute atomic E-state index is 11.8. The molecule has 1 heterocycles. The molecule has 0 bridgehead atoms. The maximum Gasteiger partial charge on any atom is 0.251 e. The average molecular weight is 362 g/mol. The first-order valence-corrected chi connectivity index (χ1v) is 9.22. The number of carbonyl (C=O) groups is 1. The van der Waals surface area contributed by atoms with Crippen molar-refractivity contribution >= 4 is 17.4 Å². The highest BCUT2D eigenvalue weighted by Crippen LogP contribution is 2.22. The first-order chi connectivity index (χ1) is 13.2. The summed E-state index contributed by atoms with van der Waals surface area (Å²) in [5.74, 6) is 0.805. The number of hydrogen-bond donors (Lipinski definition) is 2. The number of amides is 1. The van der Waals surface area contributed by atoms with Gasteiger partial charge in [-0.05, 0) is 35.3 Å². The Morgan fingerprint density at radius 3 is 2.63 bits per heavy atom. The highest BCUT2D eigenvalue weighted by atomic mass is 16.1. The number of rotatable bonds is 4. The van der Waals surface area contributed by atoms with Gasteiger partial charge in [0.2, 0.25) is 0 Å². The molecular formula is C22H26N4O. The van der Waals surface area contributed by atoms with Gasteiger partial charge in [-0.3, -0.25) is 9.79 Å². The number of aliphatic imine (C=N–C) groups is 1. The molecule has 27 heavy (non-hydrogen) atoms. The first-order valence-electron chi connectivity index (χ1n) is 9.22. The van der Waals surface area contributed by atoms with E-state index in [1.807, 2.05) is 30.3 Å². The maximum atomic E-state index is 11.8. The van der Waals surface area contributed by atoms with Gasteiger partial charge in [-0.15, -0.1) is 0 Å². The zero-order chi connectivity index (χ0) is 19.1. The molecule has 0 aromatic heterocycles. The number of carbonyl (C=O) groups excluding carboxylic acids is 1. The third-order valence-corrected chi connectivity index (χ3v) is 4.73. The summed E-state index contributed by atoms with van der Waals surface area (Å²) in [6.45, 7) is 2.39. The van der Waals surface area contributed by atoms with E-state index in [4.69, 9.17) is 0 Å². The summed E-state index contributed by atoms with van der Waals surface area (Å²) in [5.41, 5.74) is 4.40. The standard InChI is InChI=1S/C22H26N4O/c1-23-21(27)20-10-6-7-17(15-20)16-25-22(24-2)26-13-11-19(12-14-26)18-8-4-3-5-9-18/h3-11,15H,12-14,16H2,1-2H3,(H,23,27)(H,24,25). The Labute approximate surface area is 160 Å². The molecule has 0 saturated carbocycles. The first kappa shape index (κ1) is 18.7. The van der Waals surface area contributed by atoms with Crippen molar-refractivity contribution in [3.8, 4) is 0 Å². The minimum Gasteiger partial charge on any atom is -0.355 e. The summed E-state index contributed by atoms with van der Waals surface area (Å²) < 4.78 is 0. The van der Waals surface area contributed by atoms with Gasteiger partial charge in [0.05, 0.1) is 0 Å². The highest BCUT2D eigenvalue weighted by molar-refractivity contribution is 5.94. The molecule has 1 amide bonds. The molecule has 2 aromatic carbocycles. The lowest BCUT2D eigenvalue weighted by Crippen LogP contribution is -2.43. The predicted octanol–water partition coefficient (Wildman–Crippen LogP) is 2.91. The monoisotopic (exact) mass is 362 g/mol. The molecular weight excluding hydrogens is 336 g/mol. The van der Waals surface area contributed by atoms with E-state index in [0.717, 1.165) is 31.0 Å². The largest absolute Gasteiger partial charge is 0.355 e. The van der Waals surface area contributed by atoms with E-state index in [-0.39, 0.29) is 5.91 Å². The van der Waals surface area contributed by atoms with Gasteiger partial charge >= 0.3 is 0 Å². The predicted molar refractivity (Wildman–Crippen MR) is 111 cm³/mol. The molecule has 2 aromatic rings. The minimum absolute atomic E-state index is 0.0733. The number of hydrogen-bond acceptors (Lipinski definition) is 2. The molecule has 1 aliphatic rings. The van der Waals surface area contributed by atoms with E-state index >= 15 is 0 Å². The number of guanidine groups is 1. The van der Waals surface area contributed by atoms with Crippen LogP contribution in [0.3, 0.4) is 0 Å². The molecule has 0 aliphatic carbocycles. The van der Waals surface area contributed by atoms with Crippen LogP contribution in [0.4, 0.5) is 0 Å². The Morgan fingerprint density at radius 1 is 1.15 bits per heavy atom. The van der Waals surface area contributed by atoms with Crippen molar-refractivity contribution in [3.05, 3.63) is 77.4 Å². The normalized spacial score (nSPS) is 14.5. The van der Waals surface area contributed by atoms with Gasteiger partial charge in [0.15, 0.2) is 5.96 Å². The number of nitrogens with zero attached hydrogens (tertiary/aromatic N) is 2. The summed E-state index contributed by atoms with van der Waals surface area (Å²) >= 11 is 0. The molecule has 0 saturated heterocycles. The summed E-state index contributed by atoms with van der Waals surface area (Å²) in [6.07, 6.45) is 3.27. The van der Waals surface area contributed by atoms with Gasteiger partial charge in [0.25, 0.3) is 5.91 Å². The number of benzene rings is 2. The van der Waals surface area contributed by atoms with Crippen molar-refractivity contribution in [2.45, 2.75) is 13.0 Å². The van der Waals surface area contributed by atoms with Crippen molar-refractivity contribution in [1.82, 2.24) is 15.5 Å². The smallest absolute Gasteiger partial charge is 0.251 e. The molecule has 3 rings (SSSR count). The van der Waals surface area contributed by atoms with E-state index in [0.29, 0.717) is 12.1 Å². The van der Waals surface area contributed by atoms with Crippen molar-refractivity contribution in [2.75, 3.05) is 27.2 Å². The van der Waals surface area contributed by atoms with Gasteiger partial charge in [0, 0.05) is 39.3 Å². The van der Waals surface area contributed by atoms with E-state index in [1.165, 1.54) is 11.1 Å². The second-order valence-electron chi connectivity index (χ2n) is 6.47. The van der Waals surface area contributed by atoms with Gasteiger partial charge in [-0.25, -0.2) is 0 Å². The lowest BCUT2D eigenvalue weighted by Gasteiger charge is -2.30. The van der Waals surface area contributed by atoms with Crippen LogP contribution >= 0.6 is 0 Å². The molecule has 2 N–H and O–H groups in total. The quantitative estimate of drug-likeness (QED) is 0.649. The zero-order valence-corrected chi connectivity index (χ0v) is 15.9. The summed E-state index contributed by atoms with van der Waals surface area (Å²) in [5, 5.41) is 6.07. The van der Waals surface area contributed by atoms with Crippen LogP contribution in [0.5, 0.6) is 0 Å². The fourth-order valence-electron chi connectivity index (χ4n) is 3.26. The van der Waals surface area contributed by atoms with Crippen LogP contribution in [0, 0.1) is 0 Å². The molecule has 0 radical (unpaired) electrons. The zero-order valence-electron chi connectivity index (χ0n) is 15.9. The Hall–Kier alpha value is -3.08. The Bertz CT molecular complexity index is 842. The number of nitrogens with one attached hydrogen (secondary N) is 2. The van der Waals surface area contributed by atoms with E-state index in [1.54, 1.807) is 14.1 Å². The summed E-state index contributed by atoms with van der Waals surface area (Å²) in [4.78, 5) is 18.5. The van der Waals surface area contributed by atoms with Crippen LogP contribution in [0.1, 0.15) is 27.9 Å². The molecule has 1 aliphatic heterocycles. The fourth-order valence-corrected chi connectivity index (χ4v) is 3.26. The average Bonchev–Trinajstić information content (AvgIpc) is 2.75. The SMILES string of the molecule is CN=C(NCc1cccc(C(=O)NC)c1)N1CC=C(c2ccccc2)CC1. The molecule has 5 heteroatoms. The Balaban J connectivity index is 1.61. The lowest BCUT2D eigenvalue weighted by molar-refractivity contribution is 0.0963. The molecule has 0 atom stereocenters. The summed E-state index contributed by atoms with van der Waals surface area (Å²) in [6, 6.07) is 18.2. The van der Waals surface area contributed by atoms with E-state index in [9.17, 15) is 4.79 Å². The third-order valence-electron chi connectivity index (χ3n) is 4.73. The molecule has 140 valence electrons. The fraction of sp³-hybridized carbons (Fsp3) is 0.273. The lowest BCUT2D eigenvalue weighted by atomic mass is 10.00. The van der Waals surface area contributed by atoms with Crippen LogP contribution in [-0.4, -0.2) is 44.0 Å². The van der Waals surface area contributed by atoms with Crippen LogP contribution in [0.2, 0.25) is 0 Å². The van der Waals surface area contributed by atoms with Crippen molar-refractivity contribution in [1.29, 1.82) is 0 Å². The van der Waals surface area contributed by atoms with Gasteiger partial charge in [0.1, 0.15) is 0 Å². The second-order valence-corrected chi connectivity index (χ2v) is 6.47. The molecule has 0 fully saturated rings. The summed E-state index contributed by atoms with van der Waals surface area (Å²) in [7, 11) is 3.45. The molecule has 5 nitrogen and oxygen atoms in total. The topological polar surface area (TPSA) is 56.7 Å². The Kier molecular flexibility index (Phi) is 6.26. The van der Waals surface area contributed by atoms with Gasteiger partial charge in [-0.2, -0.15) is 0 Å². The highest BCUT2D eigenvalue weighted by Gasteiger charge is 2.16. The molecule has 0 unspecified atom stereocenters. The second kappa shape index (κ2) is 9.03. The van der Waals surface area contributed by atoms with E-state index < -0.39 is 0 Å². The van der Waals surface area contributed by atoms with Gasteiger partial charge < -0.3 is 15.5 Å². The Morgan fingerprint density at radius 2 is 1.96 bits per heavy atom. The minimum atomic E-state index is -0.0733. The van der Waals surface area contributed by atoms with Crippen LogP contribution < -0.4 is 10.6 Å². The third kappa shape index (κ3) is 4.76. The van der Waals surface area contributed by atoms with Crippen LogP contribution in [-0.2, 0) is 6.54 Å². The van der Waals surface area contributed by atoms with Gasteiger partial charge in [-0.1, -0.05) is 48.5 Å². The van der Waals surface area contributed by atoms with Crippen LogP contribution in [0.15, 0.2) is 65.7 Å². The van der Waals surface area contributed by atoms with Crippen LogP contribution in [0.25, 0.3) is 5.57 Å². The molecule has 0 spiro atoms. The van der Waals surface area contributed by atoms with E-state index in [2.05, 4.69) is 50.9 Å². The van der Waals surface area contributed by atoms with Crippen molar-refractivity contribution in [3.63, 3.8) is 0 Å². The van der Waals surface area contributed by atoms with Crippen molar-refractivity contribution < 1.29 is 4.79 Å².